The Kier molecular flexibility index (Phi) is 8.03. The summed E-state index contributed by atoms with van der Waals surface area (Å²) in [5, 5.41) is 16.5. The van der Waals surface area contributed by atoms with E-state index in [0.29, 0.717) is 51.9 Å². The Morgan fingerprint density at radius 1 is 0.921 bits per heavy atom. The van der Waals surface area contributed by atoms with Gasteiger partial charge in [0, 0.05) is 11.1 Å². The van der Waals surface area contributed by atoms with E-state index in [-0.39, 0.29) is 11.7 Å². The zero-order valence-corrected chi connectivity index (χ0v) is 21.5. The standard InChI is InChI=1S/C28H29N3O7/c1-34-23-10-7-17(12-22(23)30-28(33)21(29)11-16-5-8-19(32)9-6-16)20-15-38-31-26(20)18-13-24(35-2)27(37-4)25(14-18)36-3/h5-10,12-15,21,32H,11,29H2,1-4H3,(H,30,33). The summed E-state index contributed by atoms with van der Waals surface area (Å²) in [5.41, 5.74) is 10.0. The number of aromatic hydroxyl groups is 1. The highest BCUT2D eigenvalue weighted by Gasteiger charge is 2.21. The lowest BCUT2D eigenvalue weighted by Gasteiger charge is -2.16. The molecule has 0 aliphatic carbocycles. The van der Waals surface area contributed by atoms with Crippen molar-refractivity contribution in [2.45, 2.75) is 12.5 Å². The molecule has 0 spiro atoms. The Morgan fingerprint density at radius 3 is 2.18 bits per heavy atom. The second-order valence-corrected chi connectivity index (χ2v) is 8.37. The molecule has 10 heteroatoms. The van der Waals surface area contributed by atoms with Gasteiger partial charge in [0.1, 0.15) is 23.5 Å². The number of nitrogens with one attached hydrogen (secondary N) is 1. The summed E-state index contributed by atoms with van der Waals surface area (Å²) in [5.74, 6) is 1.63. The van der Waals surface area contributed by atoms with Crippen molar-refractivity contribution in [1.82, 2.24) is 5.16 Å². The van der Waals surface area contributed by atoms with Gasteiger partial charge in [0.15, 0.2) is 11.5 Å². The van der Waals surface area contributed by atoms with Gasteiger partial charge in [-0.3, -0.25) is 4.79 Å². The van der Waals surface area contributed by atoms with E-state index < -0.39 is 6.04 Å². The molecule has 10 nitrogen and oxygen atoms in total. The van der Waals surface area contributed by atoms with E-state index in [1.54, 1.807) is 48.5 Å². The second-order valence-electron chi connectivity index (χ2n) is 8.37. The Morgan fingerprint density at radius 2 is 1.58 bits per heavy atom. The fourth-order valence-electron chi connectivity index (χ4n) is 4.04. The van der Waals surface area contributed by atoms with Crippen LogP contribution in [0.5, 0.6) is 28.7 Å². The third-order valence-electron chi connectivity index (χ3n) is 6.00. The molecule has 38 heavy (non-hydrogen) atoms. The van der Waals surface area contributed by atoms with Gasteiger partial charge < -0.3 is 39.6 Å². The maximum atomic E-state index is 12.9. The van der Waals surface area contributed by atoms with E-state index in [9.17, 15) is 9.90 Å². The number of hydrogen-bond donors (Lipinski definition) is 3. The average Bonchev–Trinajstić information content (AvgIpc) is 3.43. The molecule has 4 aromatic rings. The number of aromatic nitrogens is 1. The van der Waals surface area contributed by atoms with Crippen LogP contribution >= 0.6 is 0 Å². The predicted octanol–water partition coefficient (Wildman–Crippen LogP) is 4.26. The summed E-state index contributed by atoms with van der Waals surface area (Å²) >= 11 is 0. The number of methoxy groups -OCH3 is 4. The maximum absolute atomic E-state index is 12.9. The van der Waals surface area contributed by atoms with Gasteiger partial charge in [-0.25, -0.2) is 0 Å². The lowest BCUT2D eigenvalue weighted by molar-refractivity contribution is -0.117. The van der Waals surface area contributed by atoms with Crippen molar-refractivity contribution < 1.29 is 33.4 Å². The smallest absolute Gasteiger partial charge is 0.241 e. The highest BCUT2D eigenvalue weighted by Crippen LogP contribution is 2.43. The monoisotopic (exact) mass is 519 g/mol. The molecular formula is C28H29N3O7. The van der Waals surface area contributed by atoms with Crippen LogP contribution in [0.1, 0.15) is 5.56 Å². The van der Waals surface area contributed by atoms with Crippen LogP contribution < -0.4 is 30.0 Å². The third kappa shape index (κ3) is 5.50. The number of rotatable bonds is 10. The van der Waals surface area contributed by atoms with Crippen molar-refractivity contribution in [3.05, 3.63) is 66.4 Å². The van der Waals surface area contributed by atoms with Crippen LogP contribution in [-0.2, 0) is 11.2 Å². The molecule has 0 saturated heterocycles. The fraction of sp³-hybridized carbons (Fsp3) is 0.214. The minimum atomic E-state index is -0.821. The summed E-state index contributed by atoms with van der Waals surface area (Å²) in [6, 6.07) is 14.6. The van der Waals surface area contributed by atoms with Gasteiger partial charge in [0.2, 0.25) is 11.7 Å². The molecule has 0 aliphatic heterocycles. The number of ether oxygens (including phenoxy) is 4. The first-order chi connectivity index (χ1) is 18.4. The van der Waals surface area contributed by atoms with Crippen molar-refractivity contribution in [2.75, 3.05) is 33.8 Å². The largest absolute Gasteiger partial charge is 0.508 e. The highest BCUT2D eigenvalue weighted by molar-refractivity contribution is 5.97. The molecule has 0 bridgehead atoms. The number of hydrogen-bond acceptors (Lipinski definition) is 9. The van der Waals surface area contributed by atoms with Crippen LogP contribution in [0.25, 0.3) is 22.4 Å². The number of phenolic OH excluding ortho intramolecular Hbond substituents is 1. The third-order valence-corrected chi connectivity index (χ3v) is 6.00. The van der Waals surface area contributed by atoms with Gasteiger partial charge >= 0.3 is 0 Å². The van der Waals surface area contributed by atoms with Crippen LogP contribution in [0.2, 0.25) is 0 Å². The van der Waals surface area contributed by atoms with E-state index in [0.717, 1.165) is 11.1 Å². The molecule has 198 valence electrons. The molecule has 4 N–H and O–H groups in total. The molecule has 1 heterocycles. The predicted molar refractivity (Wildman–Crippen MR) is 142 cm³/mol. The number of amides is 1. The number of anilines is 1. The molecule has 0 radical (unpaired) electrons. The average molecular weight is 520 g/mol. The number of carbonyl (C=O) groups is 1. The van der Waals surface area contributed by atoms with E-state index >= 15 is 0 Å². The van der Waals surface area contributed by atoms with Gasteiger partial charge in [0.05, 0.1) is 40.2 Å². The number of phenols is 1. The zero-order valence-electron chi connectivity index (χ0n) is 21.5. The SMILES string of the molecule is COc1ccc(-c2conc2-c2cc(OC)c(OC)c(OC)c2)cc1NC(=O)C(N)Cc1ccc(O)cc1. The first-order valence-electron chi connectivity index (χ1n) is 11.7. The van der Waals surface area contributed by atoms with Crippen molar-refractivity contribution in [1.29, 1.82) is 0 Å². The second kappa shape index (κ2) is 11.6. The first kappa shape index (κ1) is 26.4. The minimum Gasteiger partial charge on any atom is -0.508 e. The molecule has 0 saturated carbocycles. The van der Waals surface area contributed by atoms with Crippen molar-refractivity contribution >= 4 is 11.6 Å². The molecule has 4 rings (SSSR count). The summed E-state index contributed by atoms with van der Waals surface area (Å²) < 4.78 is 27.2. The van der Waals surface area contributed by atoms with Crippen LogP contribution in [0.15, 0.2) is 65.4 Å². The normalized spacial score (nSPS) is 11.5. The van der Waals surface area contributed by atoms with Gasteiger partial charge in [0.25, 0.3) is 0 Å². The van der Waals surface area contributed by atoms with Gasteiger partial charge in [-0.15, -0.1) is 0 Å². The lowest BCUT2D eigenvalue weighted by atomic mass is 10.00. The van der Waals surface area contributed by atoms with E-state index in [1.165, 1.54) is 34.7 Å². The molecule has 1 aromatic heterocycles. The number of carbonyl (C=O) groups excluding carboxylic acids is 1. The van der Waals surface area contributed by atoms with Gasteiger partial charge in [-0.05, 0) is 53.9 Å². The van der Waals surface area contributed by atoms with E-state index in [1.807, 2.05) is 6.07 Å². The maximum Gasteiger partial charge on any atom is 0.241 e. The van der Waals surface area contributed by atoms with E-state index in [4.69, 9.17) is 29.2 Å². The number of benzene rings is 3. The summed E-state index contributed by atoms with van der Waals surface area (Å²) in [6.07, 6.45) is 1.81. The Bertz CT molecular complexity index is 1390. The summed E-state index contributed by atoms with van der Waals surface area (Å²) in [4.78, 5) is 12.9. The Balaban J connectivity index is 1.64. The molecule has 1 unspecified atom stereocenters. The van der Waals surface area contributed by atoms with Crippen LogP contribution in [0.4, 0.5) is 5.69 Å². The fourth-order valence-corrected chi connectivity index (χ4v) is 4.04. The topological polar surface area (TPSA) is 138 Å². The quantitative estimate of drug-likeness (QED) is 0.280. The van der Waals surface area contributed by atoms with Crippen molar-refractivity contribution in [3.63, 3.8) is 0 Å². The van der Waals surface area contributed by atoms with Crippen LogP contribution in [-0.4, -0.2) is 50.7 Å². The molecular weight excluding hydrogens is 490 g/mol. The summed E-state index contributed by atoms with van der Waals surface area (Å²) in [6.45, 7) is 0. The van der Waals surface area contributed by atoms with Gasteiger partial charge in [-0.2, -0.15) is 0 Å². The molecule has 1 amide bonds. The minimum absolute atomic E-state index is 0.146. The van der Waals surface area contributed by atoms with Gasteiger partial charge in [-0.1, -0.05) is 23.4 Å². The van der Waals surface area contributed by atoms with Crippen LogP contribution in [0.3, 0.4) is 0 Å². The molecule has 0 fully saturated rings. The number of nitrogens with two attached hydrogens (primary N) is 1. The molecule has 3 aromatic carbocycles. The van der Waals surface area contributed by atoms with Crippen molar-refractivity contribution in [2.24, 2.45) is 5.73 Å². The highest BCUT2D eigenvalue weighted by atomic mass is 16.5. The lowest BCUT2D eigenvalue weighted by Crippen LogP contribution is -2.37. The molecule has 1 atom stereocenters. The van der Waals surface area contributed by atoms with E-state index in [2.05, 4.69) is 10.5 Å². The zero-order chi connectivity index (χ0) is 27.2. The Hall–Kier alpha value is -4.70. The van der Waals surface area contributed by atoms with Crippen LogP contribution in [0, 0.1) is 0 Å². The summed E-state index contributed by atoms with van der Waals surface area (Å²) in [7, 11) is 6.12. The Labute approximate surface area is 219 Å². The molecule has 0 aliphatic rings. The number of nitrogens with zero attached hydrogens (tertiary/aromatic N) is 1. The first-order valence-corrected chi connectivity index (χ1v) is 11.7. The van der Waals surface area contributed by atoms with Crippen molar-refractivity contribution in [3.8, 4) is 51.1 Å².